The fourth-order valence-corrected chi connectivity index (χ4v) is 1.45. The summed E-state index contributed by atoms with van der Waals surface area (Å²) in [5.74, 6) is -0.0715. The van der Waals surface area contributed by atoms with E-state index in [1.54, 1.807) is 0 Å². The summed E-state index contributed by atoms with van der Waals surface area (Å²) >= 11 is 0. The molecule has 4 heteroatoms. The van der Waals surface area contributed by atoms with E-state index in [9.17, 15) is 4.79 Å². The minimum absolute atomic E-state index is 0.0715. The molecular weight excluding hydrogens is 230 g/mol. The van der Waals surface area contributed by atoms with Gasteiger partial charge in [0.05, 0.1) is 13.2 Å². The molecule has 0 rings (SSSR count). The highest BCUT2D eigenvalue weighted by Crippen LogP contribution is 2.20. The highest BCUT2D eigenvalue weighted by molar-refractivity contribution is 5.77. The van der Waals surface area contributed by atoms with Crippen LogP contribution in [0, 0.1) is 5.41 Å². The van der Waals surface area contributed by atoms with Crippen LogP contribution in [0.5, 0.6) is 0 Å². The minimum Gasteiger partial charge on any atom is -0.379 e. The Labute approximate surface area is 111 Å². The highest BCUT2D eigenvalue weighted by atomic mass is 16.5. The van der Waals surface area contributed by atoms with Gasteiger partial charge in [-0.25, -0.2) is 0 Å². The third-order valence-electron chi connectivity index (χ3n) is 2.27. The number of nitrogens with one attached hydrogen (secondary N) is 1. The second kappa shape index (κ2) is 9.34. The van der Waals surface area contributed by atoms with Gasteiger partial charge in [-0.3, -0.25) is 4.79 Å². The molecule has 0 aromatic carbocycles. The molecule has 0 unspecified atom stereocenters. The first-order chi connectivity index (χ1) is 8.31. The Hall–Kier alpha value is -0.610. The van der Waals surface area contributed by atoms with Crippen molar-refractivity contribution in [3.63, 3.8) is 0 Å². The van der Waals surface area contributed by atoms with E-state index in [0.29, 0.717) is 18.6 Å². The molecule has 0 aromatic rings. The molecule has 0 fully saturated rings. The molecule has 18 heavy (non-hydrogen) atoms. The lowest BCUT2D eigenvalue weighted by atomic mass is 9.91. The second-order valence-electron chi connectivity index (χ2n) is 6.05. The van der Waals surface area contributed by atoms with Crippen molar-refractivity contribution in [2.75, 3.05) is 26.4 Å². The molecule has 0 saturated heterocycles. The van der Waals surface area contributed by atoms with E-state index in [4.69, 9.17) is 9.47 Å². The lowest BCUT2D eigenvalue weighted by Crippen LogP contribution is -2.33. The van der Waals surface area contributed by atoms with Gasteiger partial charge in [0, 0.05) is 12.6 Å². The van der Waals surface area contributed by atoms with E-state index in [1.165, 1.54) is 0 Å². The molecule has 0 aliphatic rings. The Kier molecular flexibility index (Phi) is 9.02. The summed E-state index contributed by atoms with van der Waals surface area (Å²) in [7, 11) is 0. The van der Waals surface area contributed by atoms with Crippen molar-refractivity contribution in [2.45, 2.75) is 53.5 Å². The molecule has 1 amide bonds. The lowest BCUT2D eigenvalue weighted by Gasteiger charge is -2.17. The molecule has 1 N–H and O–H groups in total. The van der Waals surface area contributed by atoms with Crippen molar-refractivity contribution in [2.24, 2.45) is 5.41 Å². The van der Waals surface area contributed by atoms with Crippen molar-refractivity contribution in [3.8, 4) is 0 Å². The van der Waals surface area contributed by atoms with E-state index >= 15 is 0 Å². The van der Waals surface area contributed by atoms with Gasteiger partial charge in [0.15, 0.2) is 0 Å². The zero-order valence-electron chi connectivity index (χ0n) is 12.5. The molecular formula is C14H29NO3. The fourth-order valence-electron chi connectivity index (χ4n) is 1.45. The average Bonchev–Trinajstić information content (AvgIpc) is 2.19. The van der Waals surface area contributed by atoms with Crippen LogP contribution in [0.1, 0.15) is 47.5 Å². The van der Waals surface area contributed by atoms with Gasteiger partial charge in [0.1, 0.15) is 6.61 Å². The standard InChI is InChI=1S/C14H29NO3/c1-12(2)15-13(16)11-18-10-9-17-8-6-7-14(3,4)5/h12H,6-11H2,1-5H3,(H,15,16). The molecule has 0 spiro atoms. The molecule has 0 saturated carbocycles. The second-order valence-corrected chi connectivity index (χ2v) is 6.05. The van der Waals surface area contributed by atoms with Gasteiger partial charge in [-0.05, 0) is 32.1 Å². The smallest absolute Gasteiger partial charge is 0.246 e. The summed E-state index contributed by atoms with van der Waals surface area (Å²) in [4.78, 5) is 11.2. The summed E-state index contributed by atoms with van der Waals surface area (Å²) in [5.41, 5.74) is 0.370. The van der Waals surface area contributed by atoms with Gasteiger partial charge in [-0.15, -0.1) is 0 Å². The largest absolute Gasteiger partial charge is 0.379 e. The molecule has 0 aromatic heterocycles. The Morgan fingerprint density at radius 2 is 1.72 bits per heavy atom. The van der Waals surface area contributed by atoms with Crippen LogP contribution < -0.4 is 5.32 Å². The summed E-state index contributed by atoms with van der Waals surface area (Å²) < 4.78 is 10.6. The topological polar surface area (TPSA) is 47.6 Å². The SMILES string of the molecule is CC(C)NC(=O)COCCOCCCC(C)(C)C. The quantitative estimate of drug-likeness (QED) is 0.647. The van der Waals surface area contributed by atoms with Gasteiger partial charge >= 0.3 is 0 Å². The molecule has 0 aliphatic heterocycles. The maximum Gasteiger partial charge on any atom is 0.246 e. The molecule has 0 radical (unpaired) electrons. The first-order valence-corrected chi connectivity index (χ1v) is 6.76. The van der Waals surface area contributed by atoms with Crippen LogP contribution in [0.2, 0.25) is 0 Å². The van der Waals surface area contributed by atoms with Crippen LogP contribution in [0.3, 0.4) is 0 Å². The monoisotopic (exact) mass is 259 g/mol. The lowest BCUT2D eigenvalue weighted by molar-refractivity contribution is -0.126. The Bertz CT molecular complexity index is 222. The molecule has 0 bridgehead atoms. The normalized spacial score (nSPS) is 11.9. The van der Waals surface area contributed by atoms with E-state index in [-0.39, 0.29) is 18.6 Å². The first-order valence-electron chi connectivity index (χ1n) is 6.76. The van der Waals surface area contributed by atoms with Gasteiger partial charge in [0.25, 0.3) is 0 Å². The highest BCUT2D eigenvalue weighted by Gasteiger charge is 2.08. The van der Waals surface area contributed by atoms with Crippen LogP contribution in [0.4, 0.5) is 0 Å². The van der Waals surface area contributed by atoms with Gasteiger partial charge in [-0.1, -0.05) is 20.8 Å². The predicted molar refractivity (Wildman–Crippen MR) is 73.6 cm³/mol. The van der Waals surface area contributed by atoms with Gasteiger partial charge in [-0.2, -0.15) is 0 Å². The Morgan fingerprint density at radius 1 is 1.11 bits per heavy atom. The van der Waals surface area contributed by atoms with E-state index in [2.05, 4.69) is 26.1 Å². The third kappa shape index (κ3) is 13.5. The van der Waals surface area contributed by atoms with Crippen LogP contribution in [0.15, 0.2) is 0 Å². The van der Waals surface area contributed by atoms with E-state index in [0.717, 1.165) is 19.4 Å². The summed E-state index contributed by atoms with van der Waals surface area (Å²) in [6.07, 6.45) is 2.22. The zero-order valence-corrected chi connectivity index (χ0v) is 12.5. The zero-order chi connectivity index (χ0) is 14.0. The van der Waals surface area contributed by atoms with Crippen LogP contribution in [-0.4, -0.2) is 38.4 Å². The molecule has 4 nitrogen and oxygen atoms in total. The van der Waals surface area contributed by atoms with Gasteiger partial charge < -0.3 is 14.8 Å². The summed E-state index contributed by atoms with van der Waals surface area (Å²) in [6, 6.07) is 0.162. The molecule has 0 atom stereocenters. The number of hydrogen-bond donors (Lipinski definition) is 1. The third-order valence-corrected chi connectivity index (χ3v) is 2.27. The average molecular weight is 259 g/mol. The van der Waals surface area contributed by atoms with Gasteiger partial charge in [0.2, 0.25) is 5.91 Å². The van der Waals surface area contributed by atoms with Crippen LogP contribution in [-0.2, 0) is 14.3 Å². The number of carbonyl (C=O) groups is 1. The molecule has 0 heterocycles. The number of ether oxygens (including phenoxy) is 2. The summed E-state index contributed by atoms with van der Waals surface area (Å²) in [6.45, 7) is 12.4. The van der Waals surface area contributed by atoms with Crippen molar-refractivity contribution >= 4 is 5.91 Å². The minimum atomic E-state index is -0.0715. The number of hydrogen-bond acceptors (Lipinski definition) is 3. The maximum absolute atomic E-state index is 11.2. The Balaban J connectivity index is 3.24. The fraction of sp³-hybridized carbons (Fsp3) is 0.929. The first kappa shape index (κ1) is 17.4. The Morgan fingerprint density at radius 3 is 2.28 bits per heavy atom. The number of rotatable bonds is 9. The van der Waals surface area contributed by atoms with E-state index < -0.39 is 0 Å². The van der Waals surface area contributed by atoms with Crippen LogP contribution in [0.25, 0.3) is 0 Å². The molecule has 108 valence electrons. The van der Waals surface area contributed by atoms with Crippen molar-refractivity contribution < 1.29 is 14.3 Å². The van der Waals surface area contributed by atoms with Crippen molar-refractivity contribution in [3.05, 3.63) is 0 Å². The number of amides is 1. The predicted octanol–water partition coefficient (Wildman–Crippen LogP) is 2.37. The molecule has 0 aliphatic carbocycles. The summed E-state index contributed by atoms with van der Waals surface area (Å²) in [5, 5.41) is 2.77. The number of carbonyl (C=O) groups excluding carboxylic acids is 1. The van der Waals surface area contributed by atoms with Crippen molar-refractivity contribution in [1.82, 2.24) is 5.32 Å². The maximum atomic E-state index is 11.2. The van der Waals surface area contributed by atoms with E-state index in [1.807, 2.05) is 13.8 Å². The van der Waals surface area contributed by atoms with Crippen molar-refractivity contribution in [1.29, 1.82) is 0 Å². The van der Waals surface area contributed by atoms with Crippen LogP contribution >= 0.6 is 0 Å².